The summed E-state index contributed by atoms with van der Waals surface area (Å²) >= 11 is 0. The van der Waals surface area contributed by atoms with E-state index < -0.39 is 0 Å². The molecule has 1 aromatic rings. The minimum Gasteiger partial charge on any atom is -0.396 e. The Bertz CT molecular complexity index is 595. The van der Waals surface area contributed by atoms with Gasteiger partial charge in [0.15, 0.2) is 0 Å². The van der Waals surface area contributed by atoms with Gasteiger partial charge in [-0.15, -0.1) is 0 Å². The van der Waals surface area contributed by atoms with Gasteiger partial charge in [-0.3, -0.25) is 9.69 Å². The minimum absolute atomic E-state index is 0.143. The van der Waals surface area contributed by atoms with Crippen molar-refractivity contribution in [2.75, 3.05) is 39.3 Å². The van der Waals surface area contributed by atoms with Gasteiger partial charge in [-0.2, -0.15) is 0 Å². The highest BCUT2D eigenvalue weighted by Crippen LogP contribution is 2.26. The zero-order valence-electron chi connectivity index (χ0n) is 16.2. The van der Waals surface area contributed by atoms with Crippen molar-refractivity contribution in [3.8, 4) is 0 Å². The molecule has 3 heterocycles. The fourth-order valence-corrected chi connectivity index (χ4v) is 4.34. The molecular formula is C19H32N4O3. The fourth-order valence-electron chi connectivity index (χ4n) is 4.34. The average molecular weight is 364 g/mol. The molecule has 2 aliphatic rings. The van der Waals surface area contributed by atoms with Crippen LogP contribution < -0.4 is 0 Å². The van der Waals surface area contributed by atoms with Gasteiger partial charge in [0.2, 0.25) is 5.91 Å². The second-order valence-electron chi connectivity index (χ2n) is 7.90. The number of morpholine rings is 1. The van der Waals surface area contributed by atoms with E-state index in [1.54, 1.807) is 6.20 Å². The molecule has 0 aromatic carbocycles. The van der Waals surface area contributed by atoms with Crippen molar-refractivity contribution >= 4 is 5.91 Å². The van der Waals surface area contributed by atoms with Crippen LogP contribution in [0.15, 0.2) is 12.4 Å². The minimum atomic E-state index is 0.143. The normalized spacial score (nSPS) is 30.1. The number of hydrogen-bond donors (Lipinski definition) is 1. The predicted molar refractivity (Wildman–Crippen MR) is 98.7 cm³/mol. The summed E-state index contributed by atoms with van der Waals surface area (Å²) in [7, 11) is 0. The second kappa shape index (κ2) is 8.50. The number of aryl methyl sites for hydroxylation is 2. The van der Waals surface area contributed by atoms with E-state index in [0.717, 1.165) is 32.0 Å². The summed E-state index contributed by atoms with van der Waals surface area (Å²) in [5, 5.41) is 9.79. The third kappa shape index (κ3) is 4.64. The molecule has 2 aliphatic heterocycles. The van der Waals surface area contributed by atoms with Gasteiger partial charge in [0, 0.05) is 70.6 Å². The van der Waals surface area contributed by atoms with Crippen LogP contribution in [-0.4, -0.2) is 81.9 Å². The number of carbonyl (C=O) groups is 1. The molecule has 1 amide bonds. The van der Waals surface area contributed by atoms with Gasteiger partial charge in [0.1, 0.15) is 5.82 Å². The van der Waals surface area contributed by atoms with Crippen molar-refractivity contribution in [1.29, 1.82) is 0 Å². The first-order valence-corrected chi connectivity index (χ1v) is 9.70. The van der Waals surface area contributed by atoms with E-state index in [2.05, 4.69) is 23.7 Å². The molecule has 0 saturated carbocycles. The Morgan fingerprint density at radius 3 is 2.54 bits per heavy atom. The van der Waals surface area contributed by atoms with E-state index in [-0.39, 0.29) is 30.6 Å². The molecule has 0 spiro atoms. The maximum atomic E-state index is 12.6. The number of hydrogen-bond acceptors (Lipinski definition) is 5. The van der Waals surface area contributed by atoms with Gasteiger partial charge in [-0.05, 0) is 26.7 Å². The molecule has 0 aliphatic carbocycles. The number of likely N-dealkylation sites (tertiary alicyclic amines) is 1. The quantitative estimate of drug-likeness (QED) is 0.807. The molecule has 2 saturated heterocycles. The Morgan fingerprint density at radius 2 is 1.92 bits per heavy atom. The highest BCUT2D eigenvalue weighted by molar-refractivity contribution is 5.76. The van der Waals surface area contributed by atoms with E-state index >= 15 is 0 Å². The summed E-state index contributed by atoms with van der Waals surface area (Å²) in [6, 6.07) is 0. The standard InChI is InChI=1S/C19H32N4O3/c1-14-8-21(9-15(2)26-14)10-17-11-23(12-18(17)13-24)19(25)4-6-22-7-5-20-16(22)3/h5,7,14-15,17-18,24H,4,6,8-13H2,1-3H3/t14-,15+,17-,18-/m1/s1. The van der Waals surface area contributed by atoms with Crippen molar-refractivity contribution in [3.63, 3.8) is 0 Å². The fraction of sp³-hybridized carbons (Fsp3) is 0.789. The number of aromatic nitrogens is 2. The van der Waals surface area contributed by atoms with Crippen molar-refractivity contribution in [2.45, 2.75) is 45.9 Å². The highest BCUT2D eigenvalue weighted by atomic mass is 16.5. The zero-order chi connectivity index (χ0) is 18.7. The Morgan fingerprint density at radius 1 is 1.23 bits per heavy atom. The lowest BCUT2D eigenvalue weighted by atomic mass is 9.96. The molecule has 7 nitrogen and oxygen atoms in total. The van der Waals surface area contributed by atoms with E-state index in [1.165, 1.54) is 0 Å². The first-order chi connectivity index (χ1) is 12.5. The molecule has 0 bridgehead atoms. The summed E-state index contributed by atoms with van der Waals surface area (Å²) in [6.07, 6.45) is 4.63. The predicted octanol–water partition coefficient (Wildman–Crippen LogP) is 0.758. The number of ether oxygens (including phenoxy) is 1. The Balaban J connectivity index is 1.52. The van der Waals surface area contributed by atoms with Crippen LogP contribution in [0.4, 0.5) is 0 Å². The smallest absolute Gasteiger partial charge is 0.224 e. The topological polar surface area (TPSA) is 70.8 Å². The maximum Gasteiger partial charge on any atom is 0.224 e. The maximum absolute atomic E-state index is 12.6. The van der Waals surface area contributed by atoms with Crippen LogP contribution >= 0.6 is 0 Å². The Labute approximate surface area is 155 Å². The van der Waals surface area contributed by atoms with Crippen LogP contribution in [0, 0.1) is 18.8 Å². The molecule has 0 unspecified atom stereocenters. The molecule has 7 heteroatoms. The first-order valence-electron chi connectivity index (χ1n) is 9.70. The summed E-state index contributed by atoms with van der Waals surface area (Å²) in [4.78, 5) is 21.2. The Kier molecular flexibility index (Phi) is 6.32. The molecule has 2 fully saturated rings. The molecule has 26 heavy (non-hydrogen) atoms. The molecule has 0 radical (unpaired) electrons. The number of carbonyl (C=O) groups excluding carboxylic acids is 1. The lowest BCUT2D eigenvalue weighted by molar-refractivity contribution is -0.130. The van der Waals surface area contributed by atoms with Gasteiger partial charge in [0.25, 0.3) is 0 Å². The Hall–Kier alpha value is -1.44. The van der Waals surface area contributed by atoms with E-state index in [4.69, 9.17) is 4.74 Å². The summed E-state index contributed by atoms with van der Waals surface area (Å²) in [5.41, 5.74) is 0. The SMILES string of the molecule is Cc1nccn1CCC(=O)N1C[C@@H](CN2C[C@@H](C)O[C@@H](C)C2)[C@@H](CO)C1. The van der Waals surface area contributed by atoms with Gasteiger partial charge < -0.3 is 19.3 Å². The number of aliphatic hydroxyl groups excluding tert-OH is 1. The summed E-state index contributed by atoms with van der Waals surface area (Å²) in [5.74, 6) is 1.60. The van der Waals surface area contributed by atoms with Crippen molar-refractivity contribution in [2.24, 2.45) is 11.8 Å². The van der Waals surface area contributed by atoms with Crippen molar-refractivity contribution in [1.82, 2.24) is 19.4 Å². The number of rotatable bonds is 6. The monoisotopic (exact) mass is 364 g/mol. The number of imidazole rings is 1. The lowest BCUT2D eigenvalue weighted by Gasteiger charge is -2.37. The highest BCUT2D eigenvalue weighted by Gasteiger charge is 2.36. The van der Waals surface area contributed by atoms with Gasteiger partial charge in [-0.25, -0.2) is 4.98 Å². The van der Waals surface area contributed by atoms with Crippen LogP contribution in [0.1, 0.15) is 26.1 Å². The number of aliphatic hydroxyl groups is 1. The molecule has 146 valence electrons. The molecule has 1 aromatic heterocycles. The molecule has 4 atom stereocenters. The molecular weight excluding hydrogens is 332 g/mol. The third-order valence-electron chi connectivity index (χ3n) is 5.64. The second-order valence-corrected chi connectivity index (χ2v) is 7.90. The van der Waals surface area contributed by atoms with Gasteiger partial charge in [-0.1, -0.05) is 0 Å². The van der Waals surface area contributed by atoms with Crippen LogP contribution in [0.25, 0.3) is 0 Å². The first kappa shape index (κ1) is 19.3. The van der Waals surface area contributed by atoms with Crippen LogP contribution in [0.5, 0.6) is 0 Å². The number of nitrogens with zero attached hydrogens (tertiary/aromatic N) is 4. The van der Waals surface area contributed by atoms with E-state index in [0.29, 0.717) is 25.4 Å². The lowest BCUT2D eigenvalue weighted by Crippen LogP contribution is -2.48. The summed E-state index contributed by atoms with van der Waals surface area (Å²) < 4.78 is 7.81. The molecule has 3 rings (SSSR count). The van der Waals surface area contributed by atoms with Crippen LogP contribution in [-0.2, 0) is 16.1 Å². The van der Waals surface area contributed by atoms with Crippen molar-refractivity contribution in [3.05, 3.63) is 18.2 Å². The van der Waals surface area contributed by atoms with E-state index in [1.807, 2.05) is 22.6 Å². The van der Waals surface area contributed by atoms with Crippen LogP contribution in [0.2, 0.25) is 0 Å². The van der Waals surface area contributed by atoms with E-state index in [9.17, 15) is 9.90 Å². The van der Waals surface area contributed by atoms with Gasteiger partial charge >= 0.3 is 0 Å². The van der Waals surface area contributed by atoms with Gasteiger partial charge in [0.05, 0.1) is 12.2 Å². The number of amides is 1. The average Bonchev–Trinajstić information content (AvgIpc) is 3.17. The van der Waals surface area contributed by atoms with Crippen LogP contribution in [0.3, 0.4) is 0 Å². The molecule has 1 N–H and O–H groups in total. The van der Waals surface area contributed by atoms with Crippen molar-refractivity contribution < 1.29 is 14.6 Å². The zero-order valence-corrected chi connectivity index (χ0v) is 16.2. The summed E-state index contributed by atoms with van der Waals surface area (Å²) in [6.45, 7) is 11.1. The third-order valence-corrected chi connectivity index (χ3v) is 5.64. The largest absolute Gasteiger partial charge is 0.396 e.